The number of aromatic hydroxyl groups is 1. The summed E-state index contributed by atoms with van der Waals surface area (Å²) in [6.45, 7) is 1.94. The van der Waals surface area contributed by atoms with Crippen LogP contribution in [0.25, 0.3) is 0 Å². The molecule has 0 fully saturated rings. The molecule has 0 saturated heterocycles. The molecule has 1 aromatic carbocycles. The average Bonchev–Trinajstić information content (AvgIpc) is 2.16. The van der Waals surface area contributed by atoms with Crippen molar-refractivity contribution < 1.29 is 5.11 Å². The Morgan fingerprint density at radius 1 is 1.46 bits per heavy atom. The maximum Gasteiger partial charge on any atom is 0.124 e. The van der Waals surface area contributed by atoms with Gasteiger partial charge < -0.3 is 5.11 Å². The smallest absolute Gasteiger partial charge is 0.124 e. The van der Waals surface area contributed by atoms with Crippen LogP contribution < -0.4 is 5.32 Å². The van der Waals surface area contributed by atoms with Gasteiger partial charge in [-0.05, 0) is 26.1 Å². The lowest BCUT2D eigenvalue weighted by Gasteiger charge is -2.02. The molecule has 3 heteroatoms. The van der Waals surface area contributed by atoms with Gasteiger partial charge in [0.05, 0.1) is 6.17 Å². The van der Waals surface area contributed by atoms with Crippen LogP contribution in [0.3, 0.4) is 0 Å². The van der Waals surface area contributed by atoms with E-state index in [1.165, 1.54) is 0 Å². The van der Waals surface area contributed by atoms with E-state index < -0.39 is 0 Å². The van der Waals surface area contributed by atoms with Crippen LogP contribution in [0.2, 0.25) is 0 Å². The van der Waals surface area contributed by atoms with Crippen LogP contribution in [0.15, 0.2) is 29.3 Å². The SMILES string of the molecule is CNC(C)/N=C/c1ccccc1O. The van der Waals surface area contributed by atoms with Crippen molar-refractivity contribution >= 4 is 6.21 Å². The van der Waals surface area contributed by atoms with Gasteiger partial charge in [0.25, 0.3) is 0 Å². The van der Waals surface area contributed by atoms with E-state index >= 15 is 0 Å². The number of phenolic OH excluding ortho intramolecular Hbond substituents is 1. The van der Waals surface area contributed by atoms with E-state index in [1.807, 2.05) is 26.1 Å². The molecule has 1 atom stereocenters. The number of hydrogen-bond acceptors (Lipinski definition) is 3. The lowest BCUT2D eigenvalue weighted by Crippen LogP contribution is -2.18. The van der Waals surface area contributed by atoms with Gasteiger partial charge in [-0.1, -0.05) is 12.1 Å². The normalized spacial score (nSPS) is 13.4. The molecule has 0 amide bonds. The van der Waals surface area contributed by atoms with Crippen LogP contribution in [0.5, 0.6) is 5.75 Å². The van der Waals surface area contributed by atoms with Gasteiger partial charge in [0.2, 0.25) is 0 Å². The van der Waals surface area contributed by atoms with Crippen molar-refractivity contribution in [3.8, 4) is 5.75 Å². The molecule has 2 N–H and O–H groups in total. The molecular formula is C10H14N2O. The first-order chi connectivity index (χ1) is 6.24. The van der Waals surface area contributed by atoms with Gasteiger partial charge in [-0.15, -0.1) is 0 Å². The molecule has 0 aliphatic rings. The molecule has 3 nitrogen and oxygen atoms in total. The molecule has 1 rings (SSSR count). The summed E-state index contributed by atoms with van der Waals surface area (Å²) in [5.74, 6) is 0.259. The largest absolute Gasteiger partial charge is 0.507 e. The molecular weight excluding hydrogens is 164 g/mol. The summed E-state index contributed by atoms with van der Waals surface area (Å²) in [7, 11) is 1.84. The summed E-state index contributed by atoms with van der Waals surface area (Å²) in [5.41, 5.74) is 0.740. The van der Waals surface area contributed by atoms with Gasteiger partial charge >= 0.3 is 0 Å². The number of rotatable bonds is 3. The molecule has 0 heterocycles. The highest BCUT2D eigenvalue weighted by Gasteiger charge is 1.95. The van der Waals surface area contributed by atoms with Crippen LogP contribution in [0, 0.1) is 0 Å². The first-order valence-electron chi connectivity index (χ1n) is 4.22. The third kappa shape index (κ3) is 2.87. The molecule has 0 aliphatic carbocycles. The van der Waals surface area contributed by atoms with Crippen molar-refractivity contribution in [2.75, 3.05) is 7.05 Å². The molecule has 0 saturated carbocycles. The summed E-state index contributed by atoms with van der Waals surface area (Å²) >= 11 is 0. The molecule has 0 aliphatic heterocycles. The van der Waals surface area contributed by atoms with Crippen LogP contribution >= 0.6 is 0 Å². The van der Waals surface area contributed by atoms with E-state index in [9.17, 15) is 5.11 Å². The number of nitrogens with one attached hydrogen (secondary N) is 1. The zero-order valence-electron chi connectivity index (χ0n) is 7.86. The monoisotopic (exact) mass is 178 g/mol. The van der Waals surface area contributed by atoms with Crippen LogP contribution in [-0.4, -0.2) is 24.5 Å². The Kier molecular flexibility index (Phi) is 3.46. The average molecular weight is 178 g/mol. The molecule has 1 unspecified atom stereocenters. The Morgan fingerprint density at radius 2 is 2.15 bits per heavy atom. The standard InChI is InChI=1S/C10H14N2O/c1-8(11-2)12-7-9-5-3-4-6-10(9)13/h3-8,11,13H,1-2H3/b12-7+. The molecule has 0 aromatic heterocycles. The molecule has 1 aromatic rings. The fourth-order valence-electron chi connectivity index (χ4n) is 0.863. The predicted octanol–water partition coefficient (Wildman–Crippen LogP) is 1.38. The Morgan fingerprint density at radius 3 is 2.77 bits per heavy atom. The van der Waals surface area contributed by atoms with Crippen molar-refractivity contribution in [3.63, 3.8) is 0 Å². The highest BCUT2D eigenvalue weighted by Crippen LogP contribution is 2.12. The Hall–Kier alpha value is -1.35. The number of nitrogens with zero attached hydrogens (tertiary/aromatic N) is 1. The summed E-state index contributed by atoms with van der Waals surface area (Å²) < 4.78 is 0. The van der Waals surface area contributed by atoms with Gasteiger partial charge in [0, 0.05) is 11.8 Å². The maximum absolute atomic E-state index is 9.38. The minimum atomic E-state index is 0.0691. The Bertz CT molecular complexity index is 297. The van der Waals surface area contributed by atoms with Crippen molar-refractivity contribution in [2.45, 2.75) is 13.1 Å². The third-order valence-corrected chi connectivity index (χ3v) is 1.79. The number of para-hydroxylation sites is 1. The van der Waals surface area contributed by atoms with Gasteiger partial charge in [-0.25, -0.2) is 0 Å². The number of hydrogen-bond donors (Lipinski definition) is 2. The molecule has 0 radical (unpaired) electrons. The highest BCUT2D eigenvalue weighted by atomic mass is 16.3. The van der Waals surface area contributed by atoms with Crippen molar-refractivity contribution in [1.29, 1.82) is 0 Å². The van der Waals surface area contributed by atoms with Crippen molar-refractivity contribution in [3.05, 3.63) is 29.8 Å². The minimum Gasteiger partial charge on any atom is -0.507 e. The number of aliphatic imine (C=N–C) groups is 1. The van der Waals surface area contributed by atoms with Gasteiger partial charge in [-0.2, -0.15) is 0 Å². The second-order valence-corrected chi connectivity index (χ2v) is 2.80. The summed E-state index contributed by atoms with van der Waals surface area (Å²) in [6, 6.07) is 7.12. The Labute approximate surface area is 78.1 Å². The summed E-state index contributed by atoms with van der Waals surface area (Å²) in [5, 5.41) is 12.4. The predicted molar refractivity (Wildman–Crippen MR) is 54.2 cm³/mol. The Balaban J connectivity index is 2.74. The van der Waals surface area contributed by atoms with E-state index in [-0.39, 0.29) is 11.9 Å². The molecule has 70 valence electrons. The number of phenols is 1. The second kappa shape index (κ2) is 4.62. The quantitative estimate of drug-likeness (QED) is 0.687. The highest BCUT2D eigenvalue weighted by molar-refractivity contribution is 5.83. The third-order valence-electron chi connectivity index (χ3n) is 1.79. The van der Waals surface area contributed by atoms with Crippen molar-refractivity contribution in [2.24, 2.45) is 4.99 Å². The van der Waals surface area contributed by atoms with Crippen molar-refractivity contribution in [1.82, 2.24) is 5.32 Å². The van der Waals surface area contributed by atoms with Crippen LogP contribution in [-0.2, 0) is 0 Å². The molecule has 0 bridgehead atoms. The fourth-order valence-corrected chi connectivity index (χ4v) is 0.863. The van der Waals surface area contributed by atoms with E-state index in [1.54, 1.807) is 18.3 Å². The summed E-state index contributed by atoms with van der Waals surface area (Å²) in [6.07, 6.45) is 1.73. The van der Waals surface area contributed by atoms with Gasteiger partial charge in [0.15, 0.2) is 0 Å². The lowest BCUT2D eigenvalue weighted by atomic mass is 10.2. The van der Waals surface area contributed by atoms with Gasteiger partial charge in [-0.3, -0.25) is 10.3 Å². The fraction of sp³-hybridized carbons (Fsp3) is 0.300. The minimum absolute atomic E-state index is 0.0691. The maximum atomic E-state index is 9.38. The lowest BCUT2D eigenvalue weighted by molar-refractivity contribution is 0.474. The molecule has 0 spiro atoms. The zero-order valence-corrected chi connectivity index (χ0v) is 7.86. The van der Waals surface area contributed by atoms with E-state index in [4.69, 9.17) is 0 Å². The van der Waals surface area contributed by atoms with Gasteiger partial charge in [0.1, 0.15) is 5.75 Å². The number of benzene rings is 1. The first kappa shape index (κ1) is 9.74. The first-order valence-corrected chi connectivity index (χ1v) is 4.22. The second-order valence-electron chi connectivity index (χ2n) is 2.80. The molecule has 13 heavy (non-hydrogen) atoms. The van der Waals surface area contributed by atoms with Crippen LogP contribution in [0.4, 0.5) is 0 Å². The van der Waals surface area contributed by atoms with E-state index in [0.717, 1.165) is 5.56 Å². The van der Waals surface area contributed by atoms with Crippen LogP contribution in [0.1, 0.15) is 12.5 Å². The zero-order chi connectivity index (χ0) is 9.68. The van der Waals surface area contributed by atoms with E-state index in [2.05, 4.69) is 10.3 Å². The topological polar surface area (TPSA) is 44.6 Å². The van der Waals surface area contributed by atoms with E-state index in [0.29, 0.717) is 0 Å². The summed E-state index contributed by atoms with van der Waals surface area (Å²) in [4.78, 5) is 4.18.